The van der Waals surface area contributed by atoms with E-state index in [1.807, 2.05) is 47.2 Å². The van der Waals surface area contributed by atoms with Crippen molar-refractivity contribution in [1.82, 2.24) is 19.5 Å². The largest absolute Gasteiger partial charge is 0.388 e. The number of benzene rings is 1. The second kappa shape index (κ2) is 7.60. The van der Waals surface area contributed by atoms with Gasteiger partial charge in [0.2, 0.25) is 0 Å². The number of pyridine rings is 1. The predicted molar refractivity (Wildman–Crippen MR) is 123 cm³/mol. The summed E-state index contributed by atoms with van der Waals surface area (Å²) in [5.74, 6) is 0.839. The van der Waals surface area contributed by atoms with Crippen LogP contribution in [0.15, 0.2) is 59.0 Å². The van der Waals surface area contributed by atoms with Gasteiger partial charge >= 0.3 is 0 Å². The Kier molecular flexibility index (Phi) is 4.88. The number of nitrogen functional groups attached to an aromatic ring is 2. The van der Waals surface area contributed by atoms with Gasteiger partial charge in [-0.05, 0) is 58.1 Å². The molecule has 6 N–H and O–H groups in total. The Morgan fingerprint density at radius 3 is 2.71 bits per heavy atom. The number of halogens is 1. The molecule has 1 aliphatic carbocycles. The zero-order chi connectivity index (χ0) is 21.7. The fraction of sp³-hybridized carbons (Fsp3) is 0.227. The van der Waals surface area contributed by atoms with Crippen LogP contribution in [-0.2, 0) is 6.42 Å². The number of rotatable bonds is 4. The quantitative estimate of drug-likeness (QED) is 0.329. The Morgan fingerprint density at radius 2 is 1.87 bits per heavy atom. The molecule has 8 nitrogen and oxygen atoms in total. The zero-order valence-corrected chi connectivity index (χ0v) is 18.1. The van der Waals surface area contributed by atoms with Gasteiger partial charge in [0.05, 0.1) is 21.4 Å². The fourth-order valence-electron chi connectivity index (χ4n) is 4.18. The summed E-state index contributed by atoms with van der Waals surface area (Å²) in [5.41, 5.74) is 15.2. The van der Waals surface area contributed by atoms with Crippen LogP contribution < -0.4 is 11.5 Å². The van der Waals surface area contributed by atoms with E-state index >= 15 is 0 Å². The van der Waals surface area contributed by atoms with Crippen LogP contribution in [0.3, 0.4) is 0 Å². The number of nitrogens with zero attached hydrogens (tertiary/aromatic N) is 4. The molecule has 4 aromatic rings. The summed E-state index contributed by atoms with van der Waals surface area (Å²) in [6.45, 7) is 0. The molecule has 3 heterocycles. The topological polar surface area (TPSA) is 136 Å². The number of aliphatic hydroxyl groups is 2. The van der Waals surface area contributed by atoms with E-state index in [0.29, 0.717) is 30.1 Å². The molecule has 0 bridgehead atoms. The van der Waals surface area contributed by atoms with Crippen molar-refractivity contribution in [3.63, 3.8) is 0 Å². The number of nitrogens with two attached hydrogens (primary N) is 2. The summed E-state index contributed by atoms with van der Waals surface area (Å²) < 4.78 is 2.60. The summed E-state index contributed by atoms with van der Waals surface area (Å²) in [5, 5.41) is 23.1. The summed E-state index contributed by atoms with van der Waals surface area (Å²) in [7, 11) is 0. The van der Waals surface area contributed by atoms with E-state index < -0.39 is 18.2 Å². The van der Waals surface area contributed by atoms with E-state index in [1.165, 1.54) is 6.33 Å². The molecular weight excluding hydrogens is 460 g/mol. The smallest absolute Gasteiger partial charge is 0.146 e. The van der Waals surface area contributed by atoms with Gasteiger partial charge in [0.15, 0.2) is 0 Å². The normalized spacial score (nSPS) is 21.1. The Labute approximate surface area is 186 Å². The maximum atomic E-state index is 10.7. The van der Waals surface area contributed by atoms with E-state index in [0.717, 1.165) is 31.9 Å². The van der Waals surface area contributed by atoms with E-state index in [1.54, 1.807) is 0 Å². The molecular formula is C22H21BrN6O2. The van der Waals surface area contributed by atoms with Crippen LogP contribution in [0.1, 0.15) is 18.0 Å². The molecule has 0 fully saturated rings. The lowest BCUT2D eigenvalue weighted by Gasteiger charge is -2.19. The third-order valence-electron chi connectivity index (χ3n) is 5.86. The van der Waals surface area contributed by atoms with Gasteiger partial charge in [0, 0.05) is 11.6 Å². The van der Waals surface area contributed by atoms with E-state index in [9.17, 15) is 10.2 Å². The molecule has 0 spiro atoms. The third kappa shape index (κ3) is 3.44. The molecule has 3 unspecified atom stereocenters. The first-order valence-corrected chi connectivity index (χ1v) is 10.7. The molecule has 31 heavy (non-hydrogen) atoms. The number of hydrogen-bond acceptors (Lipinski definition) is 7. The molecule has 158 valence electrons. The SMILES string of the molecule is Nc1nc2cc(CCC3=CC(n4ccc5c(N)ncnc54)C(O)C3O)ccc2cc1Br. The molecule has 3 aromatic heterocycles. The summed E-state index contributed by atoms with van der Waals surface area (Å²) in [4.78, 5) is 12.7. The maximum Gasteiger partial charge on any atom is 0.146 e. The molecule has 0 radical (unpaired) electrons. The molecule has 0 amide bonds. The lowest BCUT2D eigenvalue weighted by Crippen LogP contribution is -2.29. The lowest BCUT2D eigenvalue weighted by molar-refractivity contribution is 0.0317. The molecule has 0 saturated heterocycles. The first kappa shape index (κ1) is 19.9. The second-order valence-electron chi connectivity index (χ2n) is 7.77. The van der Waals surface area contributed by atoms with E-state index in [4.69, 9.17) is 11.5 Å². The molecule has 0 saturated carbocycles. The van der Waals surface area contributed by atoms with Crippen LogP contribution in [-0.4, -0.2) is 41.9 Å². The van der Waals surface area contributed by atoms with Crippen LogP contribution >= 0.6 is 15.9 Å². The van der Waals surface area contributed by atoms with E-state index in [-0.39, 0.29) is 0 Å². The van der Waals surface area contributed by atoms with Crippen LogP contribution in [0.2, 0.25) is 0 Å². The van der Waals surface area contributed by atoms with Crippen molar-refractivity contribution in [3.05, 3.63) is 64.5 Å². The highest BCUT2D eigenvalue weighted by molar-refractivity contribution is 9.10. The van der Waals surface area contributed by atoms with Crippen LogP contribution in [0, 0.1) is 0 Å². The minimum atomic E-state index is -0.961. The van der Waals surface area contributed by atoms with E-state index in [2.05, 4.69) is 30.9 Å². The highest BCUT2D eigenvalue weighted by atomic mass is 79.9. The van der Waals surface area contributed by atoms with Crippen LogP contribution in [0.5, 0.6) is 0 Å². The molecule has 5 rings (SSSR count). The third-order valence-corrected chi connectivity index (χ3v) is 6.50. The number of fused-ring (bicyclic) bond motifs is 2. The number of aryl methyl sites for hydroxylation is 1. The van der Waals surface area contributed by atoms with Gasteiger partial charge < -0.3 is 26.2 Å². The minimum Gasteiger partial charge on any atom is -0.388 e. The van der Waals surface area contributed by atoms with Crippen molar-refractivity contribution in [1.29, 1.82) is 0 Å². The van der Waals surface area contributed by atoms with Crippen molar-refractivity contribution in [2.45, 2.75) is 31.1 Å². The van der Waals surface area contributed by atoms with Gasteiger partial charge in [0.1, 0.15) is 35.8 Å². The first-order valence-electron chi connectivity index (χ1n) is 9.91. The standard InChI is InChI=1S/C22H21BrN6O2/c23-15-8-12-3-1-11(7-16(12)28-21(15)25)2-4-13-9-17(19(31)18(13)30)29-6-5-14-20(24)26-10-27-22(14)29/h1,3,5-10,17-19,30-31H,2,4H2,(H2,25,28)(H2,24,26,27). The number of aromatic nitrogens is 4. The molecule has 1 aliphatic rings. The summed E-state index contributed by atoms with van der Waals surface area (Å²) >= 11 is 3.40. The zero-order valence-electron chi connectivity index (χ0n) is 16.5. The maximum absolute atomic E-state index is 10.7. The van der Waals surface area contributed by atoms with Crippen molar-refractivity contribution in [2.75, 3.05) is 11.5 Å². The predicted octanol–water partition coefficient (Wildman–Crippen LogP) is 2.74. The van der Waals surface area contributed by atoms with Gasteiger partial charge in [-0.1, -0.05) is 18.2 Å². The molecule has 1 aromatic carbocycles. The van der Waals surface area contributed by atoms with Crippen LogP contribution in [0.25, 0.3) is 21.9 Å². The first-order chi connectivity index (χ1) is 14.9. The van der Waals surface area contributed by atoms with Crippen molar-refractivity contribution < 1.29 is 10.2 Å². The second-order valence-corrected chi connectivity index (χ2v) is 8.62. The Hall–Kier alpha value is -3.01. The monoisotopic (exact) mass is 480 g/mol. The summed E-state index contributed by atoms with van der Waals surface area (Å²) in [6.07, 6.45) is 4.55. The highest BCUT2D eigenvalue weighted by Gasteiger charge is 2.36. The minimum absolute atomic E-state index is 0.388. The van der Waals surface area contributed by atoms with Crippen LogP contribution in [0.4, 0.5) is 11.6 Å². The molecule has 3 atom stereocenters. The van der Waals surface area contributed by atoms with Crippen molar-refractivity contribution in [3.8, 4) is 0 Å². The van der Waals surface area contributed by atoms with Gasteiger partial charge in [-0.3, -0.25) is 0 Å². The fourth-order valence-corrected chi connectivity index (χ4v) is 4.51. The van der Waals surface area contributed by atoms with Crippen molar-refractivity contribution >= 4 is 49.5 Å². The Morgan fingerprint density at radius 1 is 1.03 bits per heavy atom. The summed E-state index contributed by atoms with van der Waals surface area (Å²) in [6, 6.07) is 9.40. The number of hydrogen-bond donors (Lipinski definition) is 4. The average Bonchev–Trinajstić information content (AvgIpc) is 3.30. The van der Waals surface area contributed by atoms with Gasteiger partial charge in [-0.25, -0.2) is 15.0 Å². The lowest BCUT2D eigenvalue weighted by atomic mass is 10.0. The average molecular weight is 481 g/mol. The number of anilines is 2. The Bertz CT molecular complexity index is 1330. The molecule has 9 heteroatoms. The molecule has 0 aliphatic heterocycles. The number of aliphatic hydroxyl groups excluding tert-OH is 2. The van der Waals surface area contributed by atoms with Gasteiger partial charge in [-0.2, -0.15) is 0 Å². The Balaban J connectivity index is 1.39. The van der Waals surface area contributed by atoms with Crippen molar-refractivity contribution in [2.24, 2.45) is 0 Å². The van der Waals surface area contributed by atoms with Gasteiger partial charge in [-0.15, -0.1) is 0 Å². The van der Waals surface area contributed by atoms with Gasteiger partial charge in [0.25, 0.3) is 0 Å². The highest BCUT2D eigenvalue weighted by Crippen LogP contribution is 2.35.